The van der Waals surface area contributed by atoms with Gasteiger partial charge in [-0.3, -0.25) is 0 Å². The summed E-state index contributed by atoms with van der Waals surface area (Å²) >= 11 is 6.05. The van der Waals surface area contributed by atoms with E-state index in [4.69, 9.17) is 16.3 Å². The normalized spacial score (nSPS) is 17.2. The van der Waals surface area contributed by atoms with E-state index in [9.17, 15) is 8.78 Å². The highest BCUT2D eigenvalue weighted by Gasteiger charge is 2.24. The van der Waals surface area contributed by atoms with Gasteiger partial charge in [-0.05, 0) is 42.3 Å². The summed E-state index contributed by atoms with van der Waals surface area (Å²) in [5.74, 6) is -1.12. The van der Waals surface area contributed by atoms with Crippen molar-refractivity contribution in [3.63, 3.8) is 0 Å². The Balaban J connectivity index is 2.18. The third-order valence-electron chi connectivity index (χ3n) is 3.09. The van der Waals surface area contributed by atoms with E-state index in [1.807, 2.05) is 6.07 Å². The lowest BCUT2D eigenvalue weighted by Crippen LogP contribution is -2.06. The number of hydrogen-bond donors (Lipinski definition) is 0. The van der Waals surface area contributed by atoms with Crippen LogP contribution in [0.3, 0.4) is 0 Å². The second kappa shape index (κ2) is 4.49. The highest BCUT2D eigenvalue weighted by atomic mass is 35.5. The first kappa shape index (κ1) is 12.4. The van der Waals surface area contributed by atoms with Crippen LogP contribution in [0.5, 0.6) is 5.75 Å². The quantitative estimate of drug-likeness (QED) is 0.751. The van der Waals surface area contributed by atoms with Crippen molar-refractivity contribution in [2.75, 3.05) is 0 Å². The molecule has 3 rings (SSSR count). The maximum Gasteiger partial charge on any atom is 0.159 e. The molecule has 0 amide bonds. The van der Waals surface area contributed by atoms with Crippen LogP contribution in [0.25, 0.3) is 11.1 Å². The predicted molar refractivity (Wildman–Crippen MR) is 70.3 cm³/mol. The van der Waals surface area contributed by atoms with Crippen LogP contribution < -0.4 is 4.74 Å². The minimum atomic E-state index is -0.893. The molecule has 4 heteroatoms. The molecule has 0 aromatic heterocycles. The molecule has 2 aromatic carbocycles. The number of rotatable bonds is 1. The molecule has 1 aliphatic rings. The lowest BCUT2D eigenvalue weighted by molar-refractivity contribution is 0.282. The van der Waals surface area contributed by atoms with E-state index in [1.54, 1.807) is 6.07 Å². The molecule has 19 heavy (non-hydrogen) atoms. The Morgan fingerprint density at radius 1 is 1.16 bits per heavy atom. The first-order chi connectivity index (χ1) is 9.04. The van der Waals surface area contributed by atoms with Gasteiger partial charge in [0.1, 0.15) is 11.9 Å². The summed E-state index contributed by atoms with van der Waals surface area (Å²) in [6.45, 7) is 3.85. The fourth-order valence-corrected chi connectivity index (χ4v) is 2.51. The molecule has 0 aliphatic carbocycles. The van der Waals surface area contributed by atoms with Crippen molar-refractivity contribution in [2.45, 2.75) is 12.5 Å². The predicted octanol–water partition coefficient (Wildman–Crippen LogP) is 4.42. The molecule has 1 atom stereocenters. The number of benzene rings is 2. The van der Waals surface area contributed by atoms with Gasteiger partial charge in [0.2, 0.25) is 0 Å². The van der Waals surface area contributed by atoms with Gasteiger partial charge in [0.05, 0.1) is 0 Å². The zero-order valence-electron chi connectivity index (χ0n) is 9.92. The molecule has 1 nitrogen and oxygen atoms in total. The number of ether oxygens (including phenoxy) is 1. The highest BCUT2D eigenvalue weighted by Crippen LogP contribution is 2.41. The van der Waals surface area contributed by atoms with Crippen molar-refractivity contribution in [1.29, 1.82) is 0 Å². The lowest BCUT2D eigenvalue weighted by Gasteiger charge is -2.10. The van der Waals surface area contributed by atoms with Crippen LogP contribution in [-0.2, 0) is 6.42 Å². The van der Waals surface area contributed by atoms with Gasteiger partial charge in [0.25, 0.3) is 0 Å². The first-order valence-electron chi connectivity index (χ1n) is 5.82. The largest absolute Gasteiger partial charge is 0.489 e. The van der Waals surface area contributed by atoms with Gasteiger partial charge < -0.3 is 4.74 Å². The van der Waals surface area contributed by atoms with Crippen molar-refractivity contribution < 1.29 is 13.5 Å². The molecule has 0 saturated heterocycles. The summed E-state index contributed by atoms with van der Waals surface area (Å²) in [6, 6.07) is 7.23. The average molecular weight is 280 g/mol. The Hall–Kier alpha value is -1.61. The van der Waals surface area contributed by atoms with Crippen molar-refractivity contribution in [1.82, 2.24) is 0 Å². The lowest BCUT2D eigenvalue weighted by atomic mass is 10.0. The Morgan fingerprint density at radius 3 is 2.68 bits per heavy atom. The third-order valence-corrected chi connectivity index (χ3v) is 3.31. The number of halogens is 3. The maximum absolute atomic E-state index is 13.3. The second-order valence-corrected chi connectivity index (χ2v) is 4.95. The zero-order chi connectivity index (χ0) is 13.6. The molecule has 1 unspecified atom stereocenters. The summed E-state index contributed by atoms with van der Waals surface area (Å²) in [4.78, 5) is 0. The van der Waals surface area contributed by atoms with Gasteiger partial charge in [0, 0.05) is 17.0 Å². The molecular formula is C15H10ClF2O. The molecule has 97 valence electrons. The van der Waals surface area contributed by atoms with E-state index in [1.165, 1.54) is 6.07 Å². The Labute approximate surface area is 114 Å². The minimum Gasteiger partial charge on any atom is -0.489 e. The molecular weight excluding hydrogens is 270 g/mol. The van der Waals surface area contributed by atoms with Crippen LogP contribution in [0.4, 0.5) is 8.78 Å². The smallest absolute Gasteiger partial charge is 0.159 e. The van der Waals surface area contributed by atoms with E-state index in [-0.39, 0.29) is 6.10 Å². The molecule has 0 spiro atoms. The van der Waals surface area contributed by atoms with Crippen molar-refractivity contribution in [2.24, 2.45) is 0 Å². The molecule has 0 bridgehead atoms. The molecule has 1 aliphatic heterocycles. The second-order valence-electron chi connectivity index (χ2n) is 4.51. The van der Waals surface area contributed by atoms with Gasteiger partial charge in [-0.25, -0.2) is 8.78 Å². The molecule has 2 aromatic rings. The van der Waals surface area contributed by atoms with Gasteiger partial charge in [0.15, 0.2) is 11.6 Å². The molecule has 1 radical (unpaired) electrons. The van der Waals surface area contributed by atoms with Crippen LogP contribution in [0.1, 0.15) is 5.56 Å². The fraction of sp³-hybridized carbons (Fsp3) is 0.133. The van der Waals surface area contributed by atoms with Gasteiger partial charge in [-0.15, -0.1) is 0 Å². The zero-order valence-corrected chi connectivity index (χ0v) is 10.7. The average Bonchev–Trinajstić information content (AvgIpc) is 2.72. The monoisotopic (exact) mass is 279 g/mol. The van der Waals surface area contributed by atoms with Gasteiger partial charge >= 0.3 is 0 Å². The summed E-state index contributed by atoms with van der Waals surface area (Å²) in [6.07, 6.45) is 0.476. The fourth-order valence-electron chi connectivity index (χ4n) is 2.27. The Morgan fingerprint density at radius 2 is 1.95 bits per heavy atom. The minimum absolute atomic E-state index is 0.183. The van der Waals surface area contributed by atoms with Crippen LogP contribution in [0, 0.1) is 18.6 Å². The summed E-state index contributed by atoms with van der Waals surface area (Å²) in [5.41, 5.74) is 2.13. The Kier molecular flexibility index (Phi) is 2.94. The molecule has 0 fully saturated rings. The SMILES string of the molecule is [CH2]C1Cc2cc(Cl)cc(-c3ccc(F)c(F)c3)c2O1. The van der Waals surface area contributed by atoms with Gasteiger partial charge in [-0.2, -0.15) is 0 Å². The molecule has 0 N–H and O–H groups in total. The van der Waals surface area contributed by atoms with Crippen LogP contribution in [0.15, 0.2) is 30.3 Å². The first-order valence-corrected chi connectivity index (χ1v) is 6.20. The summed E-state index contributed by atoms with van der Waals surface area (Å²) in [7, 11) is 0. The standard InChI is InChI=1S/C15H10ClF2O/c1-8-4-10-5-11(16)7-12(15(10)19-8)9-2-3-13(17)14(18)6-9/h2-3,5-8H,1,4H2. The van der Waals surface area contributed by atoms with E-state index in [2.05, 4.69) is 6.92 Å². The van der Waals surface area contributed by atoms with Crippen LogP contribution in [0.2, 0.25) is 5.02 Å². The van der Waals surface area contributed by atoms with E-state index in [0.717, 1.165) is 17.7 Å². The van der Waals surface area contributed by atoms with E-state index >= 15 is 0 Å². The summed E-state index contributed by atoms with van der Waals surface area (Å²) < 4.78 is 32.0. The number of hydrogen-bond acceptors (Lipinski definition) is 1. The van der Waals surface area contributed by atoms with E-state index in [0.29, 0.717) is 28.3 Å². The molecule has 0 saturated carbocycles. The van der Waals surface area contributed by atoms with Crippen LogP contribution in [-0.4, -0.2) is 6.10 Å². The maximum atomic E-state index is 13.3. The van der Waals surface area contributed by atoms with Crippen molar-refractivity contribution in [3.05, 3.63) is 59.5 Å². The van der Waals surface area contributed by atoms with Crippen LogP contribution >= 0.6 is 11.6 Å². The number of fused-ring (bicyclic) bond motifs is 1. The summed E-state index contributed by atoms with van der Waals surface area (Å²) in [5, 5.41) is 0.538. The van der Waals surface area contributed by atoms with E-state index < -0.39 is 11.6 Å². The highest BCUT2D eigenvalue weighted by molar-refractivity contribution is 6.31. The van der Waals surface area contributed by atoms with Crippen molar-refractivity contribution in [3.8, 4) is 16.9 Å². The Bertz CT molecular complexity index is 655. The van der Waals surface area contributed by atoms with Crippen molar-refractivity contribution >= 4 is 11.6 Å². The third kappa shape index (κ3) is 2.19. The molecule has 1 heterocycles. The van der Waals surface area contributed by atoms with Gasteiger partial charge in [-0.1, -0.05) is 17.7 Å². The topological polar surface area (TPSA) is 9.23 Å².